The zero-order valence-corrected chi connectivity index (χ0v) is 13.7. The van der Waals surface area contributed by atoms with Crippen LogP contribution in [0, 0.1) is 0 Å². The van der Waals surface area contributed by atoms with E-state index in [2.05, 4.69) is 14.5 Å². The molecule has 0 radical (unpaired) electrons. The van der Waals surface area contributed by atoms with E-state index < -0.39 is 44.5 Å². The fourth-order valence-electron chi connectivity index (χ4n) is 2.52. The third-order valence-corrected chi connectivity index (χ3v) is 4.34. The van der Waals surface area contributed by atoms with Crippen LogP contribution in [0.1, 0.15) is 6.23 Å². The van der Waals surface area contributed by atoms with Crippen LogP contribution in [-0.4, -0.2) is 64.0 Å². The van der Waals surface area contributed by atoms with Crippen molar-refractivity contribution in [1.29, 1.82) is 0 Å². The Morgan fingerprint density at radius 1 is 1.40 bits per heavy atom. The van der Waals surface area contributed by atoms with Gasteiger partial charge in [-0.15, -0.1) is 0 Å². The van der Waals surface area contributed by atoms with E-state index in [9.17, 15) is 19.6 Å². The SMILES string of the molecule is Cn1c(N)nc2c(ncn2[C@@H]2O[C@H](COP(=O)(O)O)C(O)C2O)c1=O. The van der Waals surface area contributed by atoms with Crippen molar-refractivity contribution in [3.63, 3.8) is 0 Å². The van der Waals surface area contributed by atoms with Crippen LogP contribution in [-0.2, 0) is 20.9 Å². The first-order chi connectivity index (χ1) is 11.6. The van der Waals surface area contributed by atoms with Gasteiger partial charge >= 0.3 is 7.82 Å². The number of imidazole rings is 1. The summed E-state index contributed by atoms with van der Waals surface area (Å²) < 4.78 is 22.8. The Balaban J connectivity index is 1.93. The predicted octanol–water partition coefficient (Wildman–Crippen LogP) is -2.56. The first-order valence-corrected chi connectivity index (χ1v) is 8.54. The number of nitrogens with two attached hydrogens (primary N) is 1. The van der Waals surface area contributed by atoms with Gasteiger partial charge in [0, 0.05) is 7.05 Å². The molecule has 0 spiro atoms. The number of aliphatic hydroxyl groups excluding tert-OH is 2. The molecule has 1 fully saturated rings. The largest absolute Gasteiger partial charge is 0.469 e. The highest BCUT2D eigenvalue weighted by Crippen LogP contribution is 2.38. The minimum Gasteiger partial charge on any atom is -0.387 e. The highest BCUT2D eigenvalue weighted by atomic mass is 31.2. The van der Waals surface area contributed by atoms with Crippen LogP contribution < -0.4 is 11.3 Å². The molecule has 3 rings (SSSR count). The first kappa shape index (κ1) is 17.9. The Morgan fingerprint density at radius 2 is 2.08 bits per heavy atom. The lowest BCUT2D eigenvalue weighted by Crippen LogP contribution is -2.33. The standard InChI is InChI=1S/C11H16N5O8P/c1-15-9(19)5-8(14-11(15)12)16(3-13-5)10-7(18)6(17)4(24-10)2-23-25(20,21)22/h3-4,6-7,10,17-18H,2H2,1H3,(H2,12,14)(H2,20,21,22)/t4-,6?,7?,10-/m1/s1. The number of rotatable bonds is 4. The predicted molar refractivity (Wildman–Crippen MR) is 81.1 cm³/mol. The minimum atomic E-state index is -4.77. The lowest BCUT2D eigenvalue weighted by Gasteiger charge is -2.16. The third-order valence-electron chi connectivity index (χ3n) is 3.86. The van der Waals surface area contributed by atoms with Gasteiger partial charge in [-0.3, -0.25) is 18.5 Å². The average Bonchev–Trinajstić information content (AvgIpc) is 3.05. The quantitative estimate of drug-likeness (QED) is 0.352. The van der Waals surface area contributed by atoms with Crippen LogP contribution in [0.3, 0.4) is 0 Å². The third kappa shape index (κ3) is 3.18. The number of hydrogen-bond acceptors (Lipinski definition) is 9. The van der Waals surface area contributed by atoms with Crippen molar-refractivity contribution in [2.75, 3.05) is 12.3 Å². The minimum absolute atomic E-state index is 0.0168. The molecule has 4 atom stereocenters. The summed E-state index contributed by atoms with van der Waals surface area (Å²) >= 11 is 0. The van der Waals surface area contributed by atoms with Crippen LogP contribution in [0.5, 0.6) is 0 Å². The summed E-state index contributed by atoms with van der Waals surface area (Å²) in [5.74, 6) is -0.0892. The normalized spacial score (nSPS) is 27.2. The summed E-state index contributed by atoms with van der Waals surface area (Å²) in [6.45, 7) is -0.650. The van der Waals surface area contributed by atoms with Crippen molar-refractivity contribution in [3.05, 3.63) is 16.7 Å². The number of phosphoric ester groups is 1. The van der Waals surface area contributed by atoms with Crippen molar-refractivity contribution < 1.29 is 33.8 Å². The molecule has 2 aromatic rings. The van der Waals surface area contributed by atoms with E-state index in [4.69, 9.17) is 20.3 Å². The second kappa shape index (κ2) is 6.14. The van der Waals surface area contributed by atoms with Gasteiger partial charge in [0.05, 0.1) is 12.9 Å². The molecule has 14 heteroatoms. The number of nitrogens with zero attached hydrogens (tertiary/aromatic N) is 4. The van der Waals surface area contributed by atoms with Gasteiger partial charge in [0.25, 0.3) is 5.56 Å². The number of phosphoric acid groups is 1. The van der Waals surface area contributed by atoms with Gasteiger partial charge in [0.15, 0.2) is 17.4 Å². The van der Waals surface area contributed by atoms with Gasteiger partial charge in [-0.2, -0.15) is 4.98 Å². The van der Waals surface area contributed by atoms with Crippen molar-refractivity contribution >= 4 is 24.9 Å². The lowest BCUT2D eigenvalue weighted by molar-refractivity contribution is -0.0503. The Labute approximate surface area is 139 Å². The monoisotopic (exact) mass is 377 g/mol. The molecule has 0 aliphatic carbocycles. The van der Waals surface area contributed by atoms with E-state index in [1.807, 2.05) is 0 Å². The zero-order valence-electron chi connectivity index (χ0n) is 12.8. The van der Waals surface area contributed by atoms with Crippen molar-refractivity contribution in [2.24, 2.45) is 7.05 Å². The van der Waals surface area contributed by atoms with Crippen molar-refractivity contribution in [3.8, 4) is 0 Å². The van der Waals surface area contributed by atoms with E-state index in [0.717, 1.165) is 4.57 Å². The summed E-state index contributed by atoms with van der Waals surface area (Å²) in [4.78, 5) is 37.5. The van der Waals surface area contributed by atoms with E-state index >= 15 is 0 Å². The van der Waals surface area contributed by atoms with Crippen LogP contribution >= 0.6 is 7.82 Å². The second-order valence-electron chi connectivity index (χ2n) is 5.49. The Bertz CT molecular complexity index is 906. The van der Waals surface area contributed by atoms with Gasteiger partial charge in [-0.1, -0.05) is 0 Å². The molecular weight excluding hydrogens is 361 g/mol. The number of anilines is 1. The highest BCUT2D eigenvalue weighted by Gasteiger charge is 2.45. The van der Waals surface area contributed by atoms with Gasteiger partial charge in [0.1, 0.15) is 18.3 Å². The summed E-state index contributed by atoms with van der Waals surface area (Å²) in [5.41, 5.74) is 5.16. The van der Waals surface area contributed by atoms with Gasteiger partial charge in [0.2, 0.25) is 5.95 Å². The van der Waals surface area contributed by atoms with Crippen LogP contribution in [0.15, 0.2) is 11.1 Å². The molecule has 0 amide bonds. The molecular formula is C11H16N5O8P. The molecule has 2 unspecified atom stereocenters. The molecule has 1 saturated heterocycles. The molecule has 1 aliphatic heterocycles. The number of fused-ring (bicyclic) bond motifs is 1. The molecule has 3 heterocycles. The average molecular weight is 377 g/mol. The molecule has 0 bridgehead atoms. The molecule has 1 aliphatic rings. The van der Waals surface area contributed by atoms with Gasteiger partial charge < -0.3 is 30.5 Å². The highest BCUT2D eigenvalue weighted by molar-refractivity contribution is 7.46. The summed E-state index contributed by atoms with van der Waals surface area (Å²) in [6, 6.07) is 0. The Kier molecular flexibility index (Phi) is 4.41. The van der Waals surface area contributed by atoms with E-state index in [1.165, 1.54) is 17.9 Å². The molecule has 13 nitrogen and oxygen atoms in total. The number of hydrogen-bond donors (Lipinski definition) is 5. The maximum atomic E-state index is 12.1. The van der Waals surface area contributed by atoms with Gasteiger partial charge in [-0.05, 0) is 0 Å². The van der Waals surface area contributed by atoms with Crippen LogP contribution in [0.2, 0.25) is 0 Å². The van der Waals surface area contributed by atoms with E-state index in [1.54, 1.807) is 0 Å². The molecule has 2 aromatic heterocycles. The molecule has 25 heavy (non-hydrogen) atoms. The number of aliphatic hydroxyl groups is 2. The smallest absolute Gasteiger partial charge is 0.387 e. The maximum absolute atomic E-state index is 12.1. The maximum Gasteiger partial charge on any atom is 0.469 e. The van der Waals surface area contributed by atoms with Crippen molar-refractivity contribution in [1.82, 2.24) is 19.1 Å². The second-order valence-corrected chi connectivity index (χ2v) is 6.73. The van der Waals surface area contributed by atoms with Crippen LogP contribution in [0.4, 0.5) is 5.95 Å². The first-order valence-electron chi connectivity index (χ1n) is 7.01. The topological polar surface area (TPSA) is 195 Å². The van der Waals surface area contributed by atoms with E-state index in [0.29, 0.717) is 0 Å². The molecule has 0 saturated carbocycles. The molecule has 0 aromatic carbocycles. The number of nitrogen functional groups attached to an aromatic ring is 1. The number of aromatic nitrogens is 4. The fourth-order valence-corrected chi connectivity index (χ4v) is 2.86. The molecule has 138 valence electrons. The van der Waals surface area contributed by atoms with Crippen LogP contribution in [0.25, 0.3) is 11.2 Å². The van der Waals surface area contributed by atoms with Crippen molar-refractivity contribution in [2.45, 2.75) is 24.5 Å². The summed E-state index contributed by atoms with van der Waals surface area (Å²) in [5, 5.41) is 20.2. The van der Waals surface area contributed by atoms with E-state index in [-0.39, 0.29) is 17.1 Å². The fraction of sp³-hybridized carbons (Fsp3) is 0.545. The van der Waals surface area contributed by atoms with Gasteiger partial charge in [-0.25, -0.2) is 9.55 Å². The molecule has 6 N–H and O–H groups in total. The summed E-state index contributed by atoms with van der Waals surface area (Å²) in [6.07, 6.45) is -4.20. The zero-order chi connectivity index (χ0) is 18.5. The Morgan fingerprint density at radius 3 is 2.72 bits per heavy atom. The number of ether oxygens (including phenoxy) is 1. The Hall–Kier alpha value is -1.86. The summed E-state index contributed by atoms with van der Waals surface area (Å²) in [7, 11) is -3.35. The lowest BCUT2D eigenvalue weighted by atomic mass is 10.1.